The second kappa shape index (κ2) is 8.35. The lowest BCUT2D eigenvalue weighted by atomic mass is 9.84. The van der Waals surface area contributed by atoms with Gasteiger partial charge in [0.15, 0.2) is 11.7 Å². The van der Waals surface area contributed by atoms with Crippen molar-refractivity contribution in [2.45, 2.75) is 45.2 Å². The monoisotopic (exact) mass is 456 g/mol. The first-order chi connectivity index (χ1) is 15.7. The highest BCUT2D eigenvalue weighted by Crippen LogP contribution is 2.48. The van der Waals surface area contributed by atoms with Gasteiger partial charge in [-0.3, -0.25) is 4.79 Å². The van der Waals surface area contributed by atoms with E-state index in [0.29, 0.717) is 30.1 Å². The van der Waals surface area contributed by atoms with Crippen molar-refractivity contribution in [3.63, 3.8) is 0 Å². The number of alkyl halides is 2. The SMILES string of the molecule is [C-]#[N+]c1cc(C(C)[N+]2=NC(C(F)F)c3c(N)ncnc32)c(OC)c(C2CN(C(C)=O)C2)c1C. The molecule has 0 bridgehead atoms. The molecule has 0 saturated carbocycles. The van der Waals surface area contributed by atoms with E-state index in [1.54, 1.807) is 17.9 Å². The number of rotatable bonds is 5. The number of halogens is 2. The fourth-order valence-corrected chi connectivity index (χ4v) is 4.55. The summed E-state index contributed by atoms with van der Waals surface area (Å²) < 4.78 is 34.7. The van der Waals surface area contributed by atoms with Crippen molar-refractivity contribution in [2.75, 3.05) is 25.9 Å². The number of amides is 1. The molecule has 9 nitrogen and oxygen atoms in total. The molecule has 2 unspecified atom stereocenters. The van der Waals surface area contributed by atoms with Crippen molar-refractivity contribution in [1.29, 1.82) is 0 Å². The van der Waals surface area contributed by atoms with Crippen LogP contribution in [0.4, 0.5) is 26.1 Å². The van der Waals surface area contributed by atoms with E-state index in [2.05, 4.69) is 19.9 Å². The van der Waals surface area contributed by atoms with Crippen LogP contribution in [-0.2, 0) is 4.79 Å². The van der Waals surface area contributed by atoms with E-state index >= 15 is 0 Å². The normalized spacial score (nSPS) is 18.4. The zero-order valence-electron chi connectivity index (χ0n) is 18.7. The van der Waals surface area contributed by atoms with E-state index in [1.807, 2.05) is 6.92 Å². The molecule has 172 valence electrons. The van der Waals surface area contributed by atoms with Gasteiger partial charge in [-0.05, 0) is 36.0 Å². The van der Waals surface area contributed by atoms with E-state index in [9.17, 15) is 13.6 Å². The van der Waals surface area contributed by atoms with Crippen LogP contribution in [-0.4, -0.2) is 52.1 Å². The summed E-state index contributed by atoms with van der Waals surface area (Å²) >= 11 is 0. The van der Waals surface area contributed by atoms with Crippen LogP contribution in [0, 0.1) is 13.5 Å². The number of likely N-dealkylation sites (tertiary alicyclic amines) is 1. The number of anilines is 1. The molecule has 0 spiro atoms. The Hall–Kier alpha value is -3.68. The summed E-state index contributed by atoms with van der Waals surface area (Å²) in [6, 6.07) is -0.358. The lowest BCUT2D eigenvalue weighted by Gasteiger charge is -2.40. The number of carbonyl (C=O) groups excluding carboxylic acids is 1. The third-order valence-corrected chi connectivity index (χ3v) is 6.36. The third kappa shape index (κ3) is 3.55. The Labute approximate surface area is 189 Å². The average molecular weight is 456 g/mol. The number of benzene rings is 1. The Kier molecular flexibility index (Phi) is 5.69. The van der Waals surface area contributed by atoms with Crippen LogP contribution in [0.2, 0.25) is 0 Å². The van der Waals surface area contributed by atoms with Crippen molar-refractivity contribution in [3.8, 4) is 5.75 Å². The predicted octanol–water partition coefficient (Wildman–Crippen LogP) is 4.05. The Bertz CT molecular complexity index is 1200. The topological polar surface area (TPSA) is 101 Å². The summed E-state index contributed by atoms with van der Waals surface area (Å²) in [7, 11) is 1.53. The highest BCUT2D eigenvalue weighted by atomic mass is 19.3. The summed E-state index contributed by atoms with van der Waals surface area (Å²) in [6.45, 7) is 13.9. The van der Waals surface area contributed by atoms with E-state index in [0.717, 1.165) is 11.1 Å². The number of nitrogens with zero attached hydrogens (tertiary/aromatic N) is 6. The number of hydrogen-bond acceptors (Lipinski definition) is 6. The van der Waals surface area contributed by atoms with Gasteiger partial charge < -0.3 is 15.4 Å². The van der Waals surface area contributed by atoms with Crippen LogP contribution < -0.4 is 10.5 Å². The van der Waals surface area contributed by atoms with E-state index < -0.39 is 18.5 Å². The van der Waals surface area contributed by atoms with Gasteiger partial charge in [0.1, 0.15) is 23.2 Å². The highest BCUT2D eigenvalue weighted by molar-refractivity contribution is 5.75. The Morgan fingerprint density at radius 1 is 1.36 bits per heavy atom. The van der Waals surface area contributed by atoms with Crippen LogP contribution in [0.25, 0.3) is 4.85 Å². The molecule has 33 heavy (non-hydrogen) atoms. The van der Waals surface area contributed by atoms with Crippen LogP contribution >= 0.6 is 0 Å². The fourth-order valence-electron chi connectivity index (χ4n) is 4.55. The molecule has 11 heteroatoms. The van der Waals surface area contributed by atoms with Crippen LogP contribution in [0.5, 0.6) is 5.75 Å². The minimum Gasteiger partial charge on any atom is -0.496 e. The standard InChI is InChI=1S/C22H24F2N7O2/c1-10-15(26-4)6-14(19(33-5)16(10)13-7-30(8-13)12(3)32)11(2)31-22-17(18(29-31)20(23)24)21(25)27-9-28-22/h6,9,11,13,18,20H,7-8H2,1-3,5H3,(H2,25,27,28)/q+1. The first-order valence-corrected chi connectivity index (χ1v) is 10.4. The molecule has 0 aliphatic carbocycles. The van der Waals surface area contributed by atoms with Gasteiger partial charge >= 0.3 is 5.82 Å². The molecule has 1 saturated heterocycles. The van der Waals surface area contributed by atoms with Gasteiger partial charge in [0, 0.05) is 31.5 Å². The molecule has 1 aromatic carbocycles. The number of azo groups is 2. The minimum atomic E-state index is -2.78. The maximum Gasteiger partial charge on any atom is 0.354 e. The molecule has 1 amide bonds. The van der Waals surface area contributed by atoms with E-state index in [4.69, 9.17) is 17.0 Å². The molecule has 2 aliphatic rings. The van der Waals surface area contributed by atoms with Gasteiger partial charge in [0.05, 0.1) is 13.7 Å². The molecular formula is C22H24F2N7O2+. The first-order valence-electron chi connectivity index (χ1n) is 10.4. The molecule has 2 atom stereocenters. The van der Waals surface area contributed by atoms with Crippen molar-refractivity contribution in [1.82, 2.24) is 14.9 Å². The lowest BCUT2D eigenvalue weighted by Crippen LogP contribution is -2.47. The van der Waals surface area contributed by atoms with Gasteiger partial charge in [0.25, 0.3) is 6.43 Å². The minimum absolute atomic E-state index is 0.00563. The van der Waals surface area contributed by atoms with Crippen LogP contribution in [0.3, 0.4) is 0 Å². The maximum atomic E-state index is 13.8. The number of nitrogen functional groups attached to an aromatic ring is 1. The smallest absolute Gasteiger partial charge is 0.354 e. The Morgan fingerprint density at radius 3 is 2.64 bits per heavy atom. The molecule has 1 fully saturated rings. The molecule has 3 heterocycles. The van der Waals surface area contributed by atoms with Crippen LogP contribution in [0.15, 0.2) is 17.5 Å². The van der Waals surface area contributed by atoms with Gasteiger partial charge in [0.2, 0.25) is 12.2 Å². The molecular weight excluding hydrogens is 432 g/mol. The summed E-state index contributed by atoms with van der Waals surface area (Å²) in [5, 5.41) is 4.20. The number of fused-ring (bicyclic) bond motifs is 1. The van der Waals surface area contributed by atoms with Gasteiger partial charge in [-0.2, -0.15) is 4.98 Å². The second-order valence-corrected chi connectivity index (χ2v) is 8.20. The zero-order chi connectivity index (χ0) is 24.0. The second-order valence-electron chi connectivity index (χ2n) is 8.20. The number of ether oxygens (including phenoxy) is 1. The van der Waals surface area contributed by atoms with E-state index in [1.165, 1.54) is 25.1 Å². The molecule has 2 N–H and O–H groups in total. The molecule has 0 radical (unpaired) electrons. The third-order valence-electron chi connectivity index (χ3n) is 6.36. The number of methoxy groups -OCH3 is 1. The highest BCUT2D eigenvalue weighted by Gasteiger charge is 2.44. The van der Waals surface area contributed by atoms with Gasteiger partial charge in [-0.25, -0.2) is 13.6 Å². The molecule has 2 aliphatic heterocycles. The van der Waals surface area contributed by atoms with Gasteiger partial charge in [-0.1, -0.05) is 0 Å². The summed E-state index contributed by atoms with van der Waals surface area (Å²) in [5.74, 6) is 0.715. The van der Waals surface area contributed by atoms with Crippen molar-refractivity contribution >= 4 is 23.2 Å². The Balaban J connectivity index is 1.84. The summed E-state index contributed by atoms with van der Waals surface area (Å²) in [4.78, 5) is 25.1. The van der Waals surface area contributed by atoms with Crippen LogP contribution in [0.1, 0.15) is 54.1 Å². The molecule has 1 aromatic heterocycles. The maximum absolute atomic E-state index is 13.8. The predicted molar refractivity (Wildman–Crippen MR) is 115 cm³/mol. The summed E-state index contributed by atoms with van der Waals surface area (Å²) in [6.07, 6.45) is -1.57. The number of hydrogen-bond donors (Lipinski definition) is 1. The van der Waals surface area contributed by atoms with Gasteiger partial charge in [-0.15, -0.1) is 9.81 Å². The number of carbonyl (C=O) groups is 1. The average Bonchev–Trinajstić information content (AvgIpc) is 3.14. The van der Waals surface area contributed by atoms with Crippen molar-refractivity contribution in [2.24, 2.45) is 5.11 Å². The largest absolute Gasteiger partial charge is 0.496 e. The van der Waals surface area contributed by atoms with E-state index in [-0.39, 0.29) is 29.0 Å². The molecule has 4 rings (SSSR count). The summed E-state index contributed by atoms with van der Waals surface area (Å²) in [5.41, 5.74) is 8.65. The quantitative estimate of drug-likeness (QED) is 0.540. The Morgan fingerprint density at radius 2 is 2.06 bits per heavy atom. The number of nitrogens with two attached hydrogens (primary N) is 1. The first kappa shape index (κ1) is 22.5. The van der Waals surface area contributed by atoms with Crippen molar-refractivity contribution in [3.05, 3.63) is 46.1 Å². The lowest BCUT2D eigenvalue weighted by molar-refractivity contribution is -0.555. The molecule has 2 aromatic rings. The number of aromatic nitrogens is 2. The fraction of sp³-hybridized carbons (Fsp3) is 0.455. The zero-order valence-corrected chi connectivity index (χ0v) is 18.7. The van der Waals surface area contributed by atoms with Crippen molar-refractivity contribution < 1.29 is 23.0 Å².